The number of ether oxygens (including phenoxy) is 2. The standard InChI is InChI=1S/C27H34N2O5/c1-16(2)14-23(25(30)29-24(17(3)4)26(31)33-5)28-27(32)34-15-22-20-12-8-6-10-18(20)19-11-7-9-13-21(19)22/h6-13,16-17,22-24H,14-15H2,1-5H3,(H,28,32)(H,29,30)/t23-,24-/m0/s1. The van der Waals surface area contributed by atoms with Crippen LogP contribution in [0.3, 0.4) is 0 Å². The lowest BCUT2D eigenvalue weighted by Gasteiger charge is -2.25. The minimum atomic E-state index is -0.832. The summed E-state index contributed by atoms with van der Waals surface area (Å²) in [6.45, 7) is 7.71. The molecule has 182 valence electrons. The van der Waals surface area contributed by atoms with Crippen LogP contribution < -0.4 is 10.6 Å². The maximum atomic E-state index is 12.9. The van der Waals surface area contributed by atoms with E-state index >= 15 is 0 Å². The Morgan fingerprint density at radius 2 is 1.44 bits per heavy atom. The molecular weight excluding hydrogens is 432 g/mol. The second kappa shape index (κ2) is 11.2. The molecule has 0 radical (unpaired) electrons. The number of carbonyl (C=O) groups is 3. The van der Waals surface area contributed by atoms with Crippen molar-refractivity contribution in [2.24, 2.45) is 11.8 Å². The molecule has 0 aliphatic heterocycles. The highest BCUT2D eigenvalue weighted by molar-refractivity contribution is 5.89. The predicted molar refractivity (Wildman–Crippen MR) is 130 cm³/mol. The van der Waals surface area contributed by atoms with Gasteiger partial charge in [0.25, 0.3) is 0 Å². The molecule has 7 nitrogen and oxygen atoms in total. The molecule has 34 heavy (non-hydrogen) atoms. The molecule has 0 fully saturated rings. The Labute approximate surface area is 201 Å². The third-order valence-corrected chi connectivity index (χ3v) is 6.08. The molecule has 1 aliphatic carbocycles. The van der Waals surface area contributed by atoms with Gasteiger partial charge in [-0.3, -0.25) is 4.79 Å². The van der Waals surface area contributed by atoms with E-state index in [1.165, 1.54) is 7.11 Å². The van der Waals surface area contributed by atoms with Gasteiger partial charge < -0.3 is 20.1 Å². The van der Waals surface area contributed by atoms with Crippen molar-refractivity contribution >= 4 is 18.0 Å². The zero-order valence-corrected chi connectivity index (χ0v) is 20.5. The van der Waals surface area contributed by atoms with Gasteiger partial charge in [0.2, 0.25) is 5.91 Å². The van der Waals surface area contributed by atoms with E-state index in [-0.39, 0.29) is 24.4 Å². The molecule has 1 aliphatic rings. The fourth-order valence-electron chi connectivity index (χ4n) is 4.36. The quantitative estimate of drug-likeness (QED) is 0.539. The van der Waals surface area contributed by atoms with Crippen molar-refractivity contribution in [3.63, 3.8) is 0 Å². The van der Waals surface area contributed by atoms with Gasteiger partial charge in [-0.25, -0.2) is 9.59 Å². The summed E-state index contributed by atoms with van der Waals surface area (Å²) in [6, 6.07) is 14.6. The Bertz CT molecular complexity index is 988. The van der Waals surface area contributed by atoms with Gasteiger partial charge in [-0.1, -0.05) is 76.2 Å². The van der Waals surface area contributed by atoms with Crippen LogP contribution in [0.15, 0.2) is 48.5 Å². The van der Waals surface area contributed by atoms with Gasteiger partial charge in [0, 0.05) is 5.92 Å². The molecule has 2 atom stereocenters. The van der Waals surface area contributed by atoms with Crippen LogP contribution in [0.2, 0.25) is 0 Å². The highest BCUT2D eigenvalue weighted by Crippen LogP contribution is 2.44. The lowest BCUT2D eigenvalue weighted by Crippen LogP contribution is -2.53. The lowest BCUT2D eigenvalue weighted by molar-refractivity contribution is -0.146. The Balaban J connectivity index is 1.67. The molecule has 0 bridgehead atoms. The van der Waals surface area contributed by atoms with E-state index in [4.69, 9.17) is 9.47 Å². The molecular formula is C27H34N2O5. The van der Waals surface area contributed by atoms with Crippen molar-refractivity contribution in [2.45, 2.75) is 52.1 Å². The van der Waals surface area contributed by atoms with E-state index in [9.17, 15) is 14.4 Å². The number of alkyl carbamates (subject to hydrolysis) is 1. The van der Waals surface area contributed by atoms with Crippen LogP contribution in [-0.4, -0.2) is 43.8 Å². The molecule has 7 heteroatoms. The lowest BCUT2D eigenvalue weighted by atomic mass is 9.98. The van der Waals surface area contributed by atoms with Crippen molar-refractivity contribution in [2.75, 3.05) is 13.7 Å². The van der Waals surface area contributed by atoms with Gasteiger partial charge >= 0.3 is 12.1 Å². The van der Waals surface area contributed by atoms with Crippen LogP contribution in [-0.2, 0) is 19.1 Å². The van der Waals surface area contributed by atoms with Gasteiger partial charge in [-0.15, -0.1) is 0 Å². The Hall–Kier alpha value is -3.35. The second-order valence-corrected chi connectivity index (χ2v) is 9.41. The van der Waals surface area contributed by atoms with Crippen LogP contribution in [0, 0.1) is 11.8 Å². The number of nitrogens with one attached hydrogen (secondary N) is 2. The van der Waals surface area contributed by atoms with Crippen molar-refractivity contribution in [1.82, 2.24) is 10.6 Å². The number of hydrogen-bond donors (Lipinski definition) is 2. The van der Waals surface area contributed by atoms with E-state index in [1.54, 1.807) is 0 Å². The Morgan fingerprint density at radius 1 is 0.882 bits per heavy atom. The van der Waals surface area contributed by atoms with Gasteiger partial charge in [-0.05, 0) is 40.5 Å². The van der Waals surface area contributed by atoms with Crippen LogP contribution in [0.5, 0.6) is 0 Å². The number of fused-ring (bicyclic) bond motifs is 3. The van der Waals surface area contributed by atoms with Crippen LogP contribution in [0.1, 0.15) is 51.2 Å². The highest BCUT2D eigenvalue weighted by atomic mass is 16.5. The van der Waals surface area contributed by atoms with Crippen LogP contribution in [0.4, 0.5) is 4.79 Å². The van der Waals surface area contributed by atoms with Crippen molar-refractivity contribution in [3.05, 3.63) is 59.7 Å². The first-order valence-electron chi connectivity index (χ1n) is 11.7. The zero-order valence-electron chi connectivity index (χ0n) is 20.5. The summed E-state index contributed by atoms with van der Waals surface area (Å²) >= 11 is 0. The third kappa shape index (κ3) is 5.76. The Morgan fingerprint density at radius 3 is 1.94 bits per heavy atom. The number of esters is 1. The number of benzene rings is 2. The molecule has 2 aromatic rings. The van der Waals surface area contributed by atoms with Crippen LogP contribution >= 0.6 is 0 Å². The maximum absolute atomic E-state index is 12.9. The van der Waals surface area contributed by atoms with Crippen molar-refractivity contribution < 1.29 is 23.9 Å². The molecule has 2 N–H and O–H groups in total. The minimum absolute atomic E-state index is 0.0693. The molecule has 3 rings (SSSR count). The molecule has 0 saturated heterocycles. The molecule has 2 amide bonds. The fourth-order valence-corrected chi connectivity index (χ4v) is 4.36. The van der Waals surface area contributed by atoms with E-state index < -0.39 is 30.1 Å². The van der Waals surface area contributed by atoms with Gasteiger partial charge in [0.1, 0.15) is 18.7 Å². The average Bonchev–Trinajstić information content (AvgIpc) is 3.13. The summed E-state index contributed by atoms with van der Waals surface area (Å²) in [7, 11) is 1.28. The average molecular weight is 467 g/mol. The number of methoxy groups -OCH3 is 1. The summed E-state index contributed by atoms with van der Waals surface area (Å²) in [5.41, 5.74) is 4.52. The minimum Gasteiger partial charge on any atom is -0.467 e. The predicted octanol–water partition coefficient (Wildman–Crippen LogP) is 4.25. The highest BCUT2D eigenvalue weighted by Gasteiger charge is 2.32. The molecule has 2 aromatic carbocycles. The number of amides is 2. The normalized spacial score (nSPS) is 14.2. The van der Waals surface area contributed by atoms with Gasteiger partial charge in [0.15, 0.2) is 0 Å². The summed E-state index contributed by atoms with van der Waals surface area (Å²) < 4.78 is 10.4. The van der Waals surface area contributed by atoms with E-state index in [1.807, 2.05) is 52.0 Å². The summed E-state index contributed by atoms with van der Waals surface area (Å²) in [5, 5.41) is 5.41. The first-order chi connectivity index (χ1) is 16.2. The number of hydrogen-bond acceptors (Lipinski definition) is 5. The zero-order chi connectivity index (χ0) is 24.8. The second-order valence-electron chi connectivity index (χ2n) is 9.41. The SMILES string of the molecule is COC(=O)[C@@H](NC(=O)[C@H](CC(C)C)NC(=O)OCC1c2ccccc2-c2ccccc21)C(C)C. The first kappa shape index (κ1) is 25.3. The van der Waals surface area contributed by atoms with Crippen LogP contribution in [0.25, 0.3) is 11.1 Å². The summed E-state index contributed by atoms with van der Waals surface area (Å²) in [6.07, 6.45) is -0.260. The topological polar surface area (TPSA) is 93.7 Å². The first-order valence-corrected chi connectivity index (χ1v) is 11.7. The van der Waals surface area contributed by atoms with Crippen molar-refractivity contribution in [1.29, 1.82) is 0 Å². The Kier molecular flexibility index (Phi) is 8.31. The molecule has 0 spiro atoms. The number of carbonyl (C=O) groups excluding carboxylic acids is 3. The largest absolute Gasteiger partial charge is 0.467 e. The fraction of sp³-hybridized carbons (Fsp3) is 0.444. The molecule has 0 unspecified atom stereocenters. The smallest absolute Gasteiger partial charge is 0.407 e. The summed E-state index contributed by atoms with van der Waals surface area (Å²) in [5.74, 6) is -1.05. The molecule has 0 aromatic heterocycles. The van der Waals surface area contributed by atoms with Gasteiger partial charge in [0.05, 0.1) is 7.11 Å². The van der Waals surface area contributed by atoms with Crippen molar-refractivity contribution in [3.8, 4) is 11.1 Å². The van der Waals surface area contributed by atoms with E-state index in [0.29, 0.717) is 6.42 Å². The maximum Gasteiger partial charge on any atom is 0.407 e. The third-order valence-electron chi connectivity index (χ3n) is 6.08. The monoisotopic (exact) mass is 466 g/mol. The molecule has 0 saturated carbocycles. The molecule has 0 heterocycles. The summed E-state index contributed by atoms with van der Waals surface area (Å²) in [4.78, 5) is 37.7. The number of rotatable bonds is 9. The van der Waals surface area contributed by atoms with E-state index in [2.05, 4.69) is 34.9 Å². The van der Waals surface area contributed by atoms with Gasteiger partial charge in [-0.2, -0.15) is 0 Å². The van der Waals surface area contributed by atoms with E-state index in [0.717, 1.165) is 22.3 Å².